The van der Waals surface area contributed by atoms with Gasteiger partial charge in [-0.2, -0.15) is 0 Å². The van der Waals surface area contributed by atoms with Crippen LogP contribution in [0.5, 0.6) is 0 Å². The molecule has 1 heterocycles. The molecule has 8 aliphatic rings. The van der Waals surface area contributed by atoms with E-state index in [9.17, 15) is 0 Å². The third kappa shape index (κ3) is 2.87. The molecule has 1 aromatic heterocycles. The molecule has 0 aliphatic heterocycles. The van der Waals surface area contributed by atoms with Crippen LogP contribution in [-0.2, 0) is 10.8 Å². The van der Waals surface area contributed by atoms with E-state index in [1.807, 2.05) is 8.87 Å². The van der Waals surface area contributed by atoms with Gasteiger partial charge in [-0.1, -0.05) is 0 Å². The van der Waals surface area contributed by atoms with Crippen LogP contribution in [0.1, 0.15) is 119 Å². The van der Waals surface area contributed by atoms with Gasteiger partial charge in [0.25, 0.3) is 0 Å². The van der Waals surface area contributed by atoms with Gasteiger partial charge in [0.2, 0.25) is 0 Å². The molecule has 0 nitrogen and oxygen atoms in total. The fourth-order valence-electron chi connectivity index (χ4n) is 12.6. The Kier molecular flexibility index (Phi) is 3.75. The number of hydrogen-bond donors (Lipinski definition) is 0. The molecule has 8 fully saturated rings. The summed E-state index contributed by atoms with van der Waals surface area (Å²) in [5, 5.41) is 0. The van der Waals surface area contributed by atoms with Crippen molar-refractivity contribution in [2.45, 2.75) is 122 Å². The van der Waals surface area contributed by atoms with Crippen molar-refractivity contribution >= 4 is 14.5 Å². The Bertz CT molecular complexity index is 862. The van der Waals surface area contributed by atoms with Crippen LogP contribution in [0.4, 0.5) is 0 Å². The van der Waals surface area contributed by atoms with Crippen molar-refractivity contribution < 1.29 is 0 Å². The van der Waals surface area contributed by atoms with E-state index in [-0.39, 0.29) is 0 Å². The van der Waals surface area contributed by atoms with Crippen LogP contribution in [0.2, 0.25) is 0 Å². The first kappa shape index (κ1) is 20.3. The second-order valence-electron chi connectivity index (χ2n) is 15.7. The topological polar surface area (TPSA) is 0 Å². The normalized spacial score (nSPS) is 56.4. The summed E-state index contributed by atoms with van der Waals surface area (Å²) in [6.07, 6.45) is 18.2. The summed E-state index contributed by atoms with van der Waals surface area (Å²) in [6.45, 7) is 13.1. The van der Waals surface area contributed by atoms with E-state index in [1.165, 1.54) is 77.0 Å². The Balaban J connectivity index is 1.34. The molecule has 0 saturated heterocycles. The van der Waals surface area contributed by atoms with E-state index >= 15 is 0 Å². The maximum absolute atomic E-state index is 2.72. The van der Waals surface area contributed by atoms with Gasteiger partial charge in [0.05, 0.1) is 0 Å². The Labute approximate surface area is 196 Å². The van der Waals surface area contributed by atoms with Crippen molar-refractivity contribution in [1.29, 1.82) is 0 Å². The van der Waals surface area contributed by atoms with Gasteiger partial charge >= 0.3 is 197 Å². The average molecular weight is 483 g/mol. The van der Waals surface area contributed by atoms with Crippen molar-refractivity contribution in [2.75, 3.05) is 0 Å². The first-order chi connectivity index (χ1) is 14.4. The van der Waals surface area contributed by atoms with Gasteiger partial charge in [-0.05, 0) is 0 Å². The van der Waals surface area contributed by atoms with Crippen LogP contribution in [0.25, 0.3) is 0 Å². The summed E-state index contributed by atoms with van der Waals surface area (Å²) in [6, 6.07) is 5.43. The van der Waals surface area contributed by atoms with Crippen molar-refractivity contribution in [3.63, 3.8) is 0 Å². The van der Waals surface area contributed by atoms with Crippen molar-refractivity contribution in [3.05, 3.63) is 26.6 Å². The minimum absolute atomic E-state index is 0.555. The van der Waals surface area contributed by atoms with Crippen LogP contribution in [-0.4, -0.2) is 14.5 Å². The molecule has 1 heteroatoms. The van der Waals surface area contributed by atoms with E-state index in [0.717, 1.165) is 11.8 Å². The number of hydrogen-bond acceptors (Lipinski definition) is 0. The Hall–Kier alpha value is -0.131. The summed E-state index contributed by atoms with van der Waals surface area (Å²) < 4.78 is 3.89. The summed E-state index contributed by atoms with van der Waals surface area (Å²) in [5.74, 6) is 2.02. The van der Waals surface area contributed by atoms with Gasteiger partial charge in [0.1, 0.15) is 0 Å². The second-order valence-corrected chi connectivity index (χ2v) is 18.0. The van der Waals surface area contributed by atoms with Crippen molar-refractivity contribution in [3.8, 4) is 0 Å². The third-order valence-corrected chi connectivity index (χ3v) is 14.5. The number of rotatable bonds is 2. The van der Waals surface area contributed by atoms with Gasteiger partial charge in [-0.25, -0.2) is 0 Å². The van der Waals surface area contributed by atoms with Gasteiger partial charge in [0, 0.05) is 0 Å². The van der Waals surface area contributed by atoms with E-state index in [2.05, 4.69) is 46.8 Å². The molecular formula is C30H43Se+. The molecule has 168 valence electrons. The van der Waals surface area contributed by atoms with Crippen LogP contribution < -0.4 is 0 Å². The SMILES string of the molecule is Cc1cc(C23CC4CC(C)(CC(C)(C4)C2)C3)[se+]c(C23CC4CC(C)(CC(C)(C4)C2)C3)c1. The zero-order valence-corrected chi connectivity index (χ0v) is 22.4. The summed E-state index contributed by atoms with van der Waals surface area (Å²) in [5.41, 5.74) is 5.21. The molecule has 8 saturated carbocycles. The predicted octanol–water partition coefficient (Wildman–Crippen LogP) is 7.83. The van der Waals surface area contributed by atoms with Crippen LogP contribution in [0.15, 0.2) is 12.1 Å². The van der Waals surface area contributed by atoms with Crippen molar-refractivity contribution in [1.82, 2.24) is 0 Å². The number of aryl methyl sites for hydroxylation is 1. The molecule has 4 unspecified atom stereocenters. The molecule has 0 radical (unpaired) electrons. The maximum atomic E-state index is 2.72. The molecule has 8 aliphatic carbocycles. The Morgan fingerprint density at radius 3 is 1.26 bits per heavy atom. The van der Waals surface area contributed by atoms with E-state index in [4.69, 9.17) is 0 Å². The first-order valence-corrected chi connectivity index (χ1v) is 15.1. The molecule has 8 bridgehead atoms. The molecular weight excluding hydrogens is 439 g/mol. The summed E-state index contributed by atoms with van der Waals surface area (Å²) in [4.78, 5) is 0. The molecule has 0 N–H and O–H groups in total. The first-order valence-electron chi connectivity index (χ1n) is 13.4. The monoisotopic (exact) mass is 483 g/mol. The zero-order chi connectivity index (χ0) is 21.5. The van der Waals surface area contributed by atoms with Gasteiger partial charge in [-0.15, -0.1) is 0 Å². The fourth-order valence-corrected chi connectivity index (χ4v) is 16.0. The molecule has 0 aromatic carbocycles. The standard InChI is InChI=1S/C30H43Se/c1-20-6-23(29-12-21-8-25(2,16-29)14-26(3,9-21)17-29)31-24(7-20)30-13-22-10-27(4,18-30)15-28(5,11-22)19-30/h6-7,21-22H,8-19H2,1-5H3/q+1. The van der Waals surface area contributed by atoms with Gasteiger partial charge < -0.3 is 0 Å². The molecule has 9 rings (SSSR count). The average Bonchev–Trinajstić information content (AvgIpc) is 2.54. The predicted molar refractivity (Wildman–Crippen MR) is 131 cm³/mol. The molecule has 0 spiro atoms. The van der Waals surface area contributed by atoms with E-state index < -0.39 is 0 Å². The minimum atomic E-state index is 0.555. The van der Waals surface area contributed by atoms with E-state index in [1.54, 1.807) is 5.56 Å². The zero-order valence-electron chi connectivity index (χ0n) is 20.7. The molecule has 4 atom stereocenters. The Morgan fingerprint density at radius 2 is 0.935 bits per heavy atom. The van der Waals surface area contributed by atoms with Gasteiger partial charge in [-0.3, -0.25) is 0 Å². The molecule has 0 amide bonds. The summed E-state index contributed by atoms with van der Waals surface area (Å²) in [7, 11) is 0. The van der Waals surface area contributed by atoms with Crippen LogP contribution >= 0.6 is 0 Å². The molecule has 1 aromatic rings. The second kappa shape index (κ2) is 5.74. The van der Waals surface area contributed by atoms with E-state index in [0.29, 0.717) is 47.0 Å². The van der Waals surface area contributed by atoms with Gasteiger partial charge in [0.15, 0.2) is 0 Å². The van der Waals surface area contributed by atoms with Crippen LogP contribution in [0, 0.1) is 40.4 Å². The van der Waals surface area contributed by atoms with Crippen molar-refractivity contribution in [2.24, 2.45) is 33.5 Å². The Morgan fingerprint density at radius 1 is 0.581 bits per heavy atom. The third-order valence-electron chi connectivity index (χ3n) is 11.2. The quantitative estimate of drug-likeness (QED) is 0.377. The van der Waals surface area contributed by atoms with Crippen LogP contribution in [0.3, 0.4) is 0 Å². The molecule has 31 heavy (non-hydrogen) atoms. The summed E-state index contributed by atoms with van der Waals surface area (Å²) >= 11 is 0.594. The fraction of sp³-hybridized carbons (Fsp3) is 0.833.